The molecule has 0 aliphatic heterocycles. The van der Waals surface area contributed by atoms with Crippen LogP contribution in [0.3, 0.4) is 0 Å². The molecular weight excluding hydrogens is 333 g/mol. The summed E-state index contributed by atoms with van der Waals surface area (Å²) in [5.41, 5.74) is 1.49. The van der Waals surface area contributed by atoms with Gasteiger partial charge in [0, 0.05) is 9.64 Å². The van der Waals surface area contributed by atoms with Gasteiger partial charge in [0.15, 0.2) is 0 Å². The molecule has 2 aromatic rings. The quantitative estimate of drug-likeness (QED) is 0.773. The van der Waals surface area contributed by atoms with Gasteiger partial charge in [-0.25, -0.2) is 4.68 Å². The van der Waals surface area contributed by atoms with Crippen LogP contribution in [0.2, 0.25) is 0 Å². The zero-order chi connectivity index (χ0) is 12.4. The zero-order valence-electron chi connectivity index (χ0n) is 9.59. The summed E-state index contributed by atoms with van der Waals surface area (Å²) in [4.78, 5) is 13.3. The molecule has 2 rings (SSSR count). The Morgan fingerprint density at radius 2 is 2.18 bits per heavy atom. The average Bonchev–Trinajstić information content (AvgIpc) is 2.64. The van der Waals surface area contributed by atoms with E-state index >= 15 is 0 Å². The highest BCUT2D eigenvalue weighted by Gasteiger charge is 2.08. The molecule has 0 saturated heterocycles. The molecule has 17 heavy (non-hydrogen) atoms. The van der Waals surface area contributed by atoms with E-state index in [1.54, 1.807) is 17.1 Å². The van der Waals surface area contributed by atoms with Crippen LogP contribution in [0.4, 0.5) is 0 Å². The number of hydrogen-bond donors (Lipinski definition) is 0. The highest BCUT2D eigenvalue weighted by atomic mass is 127. The van der Waals surface area contributed by atoms with Gasteiger partial charge in [0.25, 0.3) is 5.56 Å². The van der Waals surface area contributed by atoms with Crippen molar-refractivity contribution >= 4 is 22.6 Å². The largest absolute Gasteiger partial charge is 0.268 e. The monoisotopic (exact) mass is 345 g/mol. The minimum Gasteiger partial charge on any atom is -0.268 e. The van der Waals surface area contributed by atoms with E-state index in [1.165, 1.54) is 4.68 Å². The molecular formula is C10H12IN5O. The lowest BCUT2D eigenvalue weighted by atomic mass is 10.3. The highest BCUT2D eigenvalue weighted by Crippen LogP contribution is 2.03. The van der Waals surface area contributed by atoms with Crippen LogP contribution in [-0.4, -0.2) is 24.8 Å². The number of aryl methyl sites for hydroxylation is 2. The summed E-state index contributed by atoms with van der Waals surface area (Å²) in [5, 5.41) is 12.6. The van der Waals surface area contributed by atoms with Gasteiger partial charge < -0.3 is 0 Å². The molecule has 0 aliphatic carbocycles. The molecule has 0 bridgehead atoms. The molecule has 7 heteroatoms. The predicted molar refractivity (Wildman–Crippen MR) is 70.7 cm³/mol. The maximum Gasteiger partial charge on any atom is 0.268 e. The first-order chi connectivity index (χ1) is 8.10. The SMILES string of the molecule is CCn1nc(C)c(Cn2ncc(I)cc2=O)n1. The minimum absolute atomic E-state index is 0.123. The molecule has 0 aliphatic rings. The van der Waals surface area contributed by atoms with Gasteiger partial charge in [-0.15, -0.1) is 0 Å². The van der Waals surface area contributed by atoms with E-state index in [0.717, 1.165) is 21.5 Å². The fourth-order valence-corrected chi connectivity index (χ4v) is 1.82. The third-order valence-electron chi connectivity index (χ3n) is 2.34. The maximum atomic E-state index is 11.7. The van der Waals surface area contributed by atoms with Gasteiger partial charge in [0.1, 0.15) is 5.69 Å². The fraction of sp³-hybridized carbons (Fsp3) is 0.400. The second-order valence-electron chi connectivity index (χ2n) is 3.59. The predicted octanol–water partition coefficient (Wildman–Crippen LogP) is 0.816. The molecule has 0 spiro atoms. The van der Waals surface area contributed by atoms with Crippen molar-refractivity contribution in [2.45, 2.75) is 26.9 Å². The van der Waals surface area contributed by atoms with Gasteiger partial charge in [-0.2, -0.15) is 20.1 Å². The second kappa shape index (κ2) is 4.94. The number of rotatable bonds is 3. The smallest absolute Gasteiger partial charge is 0.268 e. The van der Waals surface area contributed by atoms with E-state index in [2.05, 4.69) is 37.9 Å². The number of hydrogen-bond acceptors (Lipinski definition) is 4. The van der Waals surface area contributed by atoms with Crippen molar-refractivity contribution in [2.24, 2.45) is 0 Å². The summed E-state index contributed by atoms with van der Waals surface area (Å²) >= 11 is 2.06. The Kier molecular flexibility index (Phi) is 3.55. The lowest BCUT2D eigenvalue weighted by molar-refractivity contribution is 0.551. The standard InChI is InChI=1S/C10H12IN5O/c1-3-16-13-7(2)9(14-16)6-15-10(17)4-8(11)5-12-15/h4-5H,3,6H2,1-2H3. The van der Waals surface area contributed by atoms with Crippen molar-refractivity contribution in [1.29, 1.82) is 0 Å². The Labute approximate surface area is 112 Å². The Morgan fingerprint density at radius 3 is 2.76 bits per heavy atom. The summed E-state index contributed by atoms with van der Waals surface area (Å²) in [5.74, 6) is 0. The molecule has 6 nitrogen and oxygen atoms in total. The Balaban J connectivity index is 2.31. The van der Waals surface area contributed by atoms with E-state index in [9.17, 15) is 4.79 Å². The number of nitrogens with zero attached hydrogens (tertiary/aromatic N) is 5. The summed E-state index contributed by atoms with van der Waals surface area (Å²) in [6, 6.07) is 1.55. The van der Waals surface area contributed by atoms with E-state index < -0.39 is 0 Å². The van der Waals surface area contributed by atoms with Crippen LogP contribution in [0.1, 0.15) is 18.3 Å². The fourth-order valence-electron chi connectivity index (χ4n) is 1.42. The van der Waals surface area contributed by atoms with Crippen molar-refractivity contribution in [3.05, 3.63) is 37.6 Å². The highest BCUT2D eigenvalue weighted by molar-refractivity contribution is 14.1. The first kappa shape index (κ1) is 12.2. The van der Waals surface area contributed by atoms with Crippen molar-refractivity contribution in [3.63, 3.8) is 0 Å². The van der Waals surface area contributed by atoms with E-state index in [0.29, 0.717) is 6.54 Å². The topological polar surface area (TPSA) is 65.6 Å². The lowest BCUT2D eigenvalue weighted by Gasteiger charge is -2.01. The number of halogens is 1. The van der Waals surface area contributed by atoms with Crippen LogP contribution in [0.5, 0.6) is 0 Å². The van der Waals surface area contributed by atoms with Crippen LogP contribution in [-0.2, 0) is 13.1 Å². The van der Waals surface area contributed by atoms with Gasteiger partial charge in [0.05, 0.1) is 25.0 Å². The summed E-state index contributed by atoms with van der Waals surface area (Å²) in [6.45, 7) is 4.93. The molecule has 0 atom stereocenters. The average molecular weight is 345 g/mol. The Bertz CT molecular complexity index is 589. The Morgan fingerprint density at radius 1 is 1.41 bits per heavy atom. The minimum atomic E-state index is -0.123. The van der Waals surface area contributed by atoms with Gasteiger partial charge in [0.2, 0.25) is 0 Å². The van der Waals surface area contributed by atoms with Crippen LogP contribution in [0.15, 0.2) is 17.1 Å². The first-order valence-corrected chi connectivity index (χ1v) is 6.31. The van der Waals surface area contributed by atoms with E-state index in [1.807, 2.05) is 13.8 Å². The molecule has 0 saturated carbocycles. The van der Waals surface area contributed by atoms with Gasteiger partial charge in [-0.3, -0.25) is 4.79 Å². The van der Waals surface area contributed by atoms with Crippen LogP contribution in [0, 0.1) is 10.5 Å². The summed E-state index contributed by atoms with van der Waals surface area (Å²) in [6.07, 6.45) is 1.65. The lowest BCUT2D eigenvalue weighted by Crippen LogP contribution is -2.23. The van der Waals surface area contributed by atoms with Gasteiger partial charge in [-0.1, -0.05) is 0 Å². The molecule has 90 valence electrons. The molecule has 2 heterocycles. The van der Waals surface area contributed by atoms with Crippen LogP contribution < -0.4 is 5.56 Å². The number of aromatic nitrogens is 5. The van der Waals surface area contributed by atoms with Crippen LogP contribution >= 0.6 is 22.6 Å². The van der Waals surface area contributed by atoms with Gasteiger partial charge >= 0.3 is 0 Å². The second-order valence-corrected chi connectivity index (χ2v) is 4.84. The molecule has 0 unspecified atom stereocenters. The third-order valence-corrected chi connectivity index (χ3v) is 2.93. The third kappa shape index (κ3) is 2.71. The van der Waals surface area contributed by atoms with Crippen molar-refractivity contribution in [1.82, 2.24) is 24.8 Å². The van der Waals surface area contributed by atoms with E-state index in [4.69, 9.17) is 0 Å². The van der Waals surface area contributed by atoms with Crippen LogP contribution in [0.25, 0.3) is 0 Å². The zero-order valence-corrected chi connectivity index (χ0v) is 11.7. The molecule has 0 amide bonds. The summed E-state index contributed by atoms with van der Waals surface area (Å²) in [7, 11) is 0. The molecule has 0 aromatic carbocycles. The van der Waals surface area contributed by atoms with Crippen molar-refractivity contribution in [2.75, 3.05) is 0 Å². The van der Waals surface area contributed by atoms with Crippen molar-refractivity contribution < 1.29 is 0 Å². The maximum absolute atomic E-state index is 11.7. The first-order valence-electron chi connectivity index (χ1n) is 5.23. The van der Waals surface area contributed by atoms with Gasteiger partial charge in [-0.05, 0) is 36.4 Å². The van der Waals surface area contributed by atoms with Crippen molar-refractivity contribution in [3.8, 4) is 0 Å². The normalized spacial score (nSPS) is 10.8. The summed E-state index contributed by atoms with van der Waals surface area (Å²) < 4.78 is 2.22. The molecule has 0 fully saturated rings. The molecule has 0 radical (unpaired) electrons. The molecule has 0 N–H and O–H groups in total. The van der Waals surface area contributed by atoms with E-state index in [-0.39, 0.29) is 5.56 Å². The Hall–Kier alpha value is -1.25. The molecule has 2 aromatic heterocycles.